The maximum Gasteiger partial charge on any atom is 0.308 e. The fourth-order valence-electron chi connectivity index (χ4n) is 4.61. The van der Waals surface area contributed by atoms with Crippen LogP contribution < -0.4 is 10.9 Å². The van der Waals surface area contributed by atoms with Crippen molar-refractivity contribution < 1.29 is 23.9 Å². The maximum absolute atomic E-state index is 13.3. The number of benzene rings is 1. The summed E-state index contributed by atoms with van der Waals surface area (Å²) in [4.78, 5) is 52.8. The molecule has 1 N–H and O–H groups in total. The first-order valence-corrected chi connectivity index (χ1v) is 12.3. The van der Waals surface area contributed by atoms with E-state index in [0.29, 0.717) is 68.8 Å². The number of hydrogen-bond acceptors (Lipinski definition) is 8. The van der Waals surface area contributed by atoms with Crippen LogP contribution in [0.2, 0.25) is 0 Å². The van der Waals surface area contributed by atoms with Crippen molar-refractivity contribution in [3.63, 3.8) is 0 Å². The predicted molar refractivity (Wildman–Crippen MR) is 131 cm³/mol. The lowest BCUT2D eigenvalue weighted by molar-refractivity contribution is -0.146. The molecule has 4 rings (SSSR count). The number of carbonyl (C=O) groups is 3. The zero-order valence-corrected chi connectivity index (χ0v) is 20.6. The smallest absolute Gasteiger partial charge is 0.308 e. The Balaban J connectivity index is 1.59. The zero-order valence-electron chi connectivity index (χ0n) is 20.6. The molecule has 11 nitrogen and oxygen atoms in total. The number of carbonyl (C=O) groups excluding carboxylic acids is 3. The molecule has 1 saturated heterocycles. The Hall–Kier alpha value is -4.04. The number of nitrogens with one attached hydrogen (secondary N) is 1. The van der Waals surface area contributed by atoms with Gasteiger partial charge in [-0.05, 0) is 43.9 Å². The van der Waals surface area contributed by atoms with Crippen molar-refractivity contribution in [2.24, 2.45) is 5.92 Å². The highest BCUT2D eigenvalue weighted by Crippen LogP contribution is 2.25. The van der Waals surface area contributed by atoms with Gasteiger partial charge in [0.25, 0.3) is 11.5 Å². The molecule has 1 aromatic heterocycles. The Morgan fingerprint density at radius 1 is 1.14 bits per heavy atom. The second-order valence-corrected chi connectivity index (χ2v) is 9.13. The Morgan fingerprint density at radius 2 is 1.81 bits per heavy atom. The number of aromatic nitrogens is 2. The van der Waals surface area contributed by atoms with Gasteiger partial charge >= 0.3 is 5.97 Å². The molecular weight excluding hydrogens is 478 g/mol. The lowest BCUT2D eigenvalue weighted by Crippen LogP contribution is -2.45. The van der Waals surface area contributed by atoms with Crippen LogP contribution in [-0.4, -0.2) is 71.9 Å². The number of methoxy groups -OCH3 is 1. The molecule has 2 aliphatic rings. The topological polar surface area (TPSA) is 144 Å². The van der Waals surface area contributed by atoms with Gasteiger partial charge in [0.15, 0.2) is 0 Å². The van der Waals surface area contributed by atoms with E-state index in [1.54, 1.807) is 29.2 Å². The van der Waals surface area contributed by atoms with Gasteiger partial charge in [-0.3, -0.25) is 19.2 Å². The van der Waals surface area contributed by atoms with Crippen LogP contribution >= 0.6 is 0 Å². The molecule has 37 heavy (non-hydrogen) atoms. The van der Waals surface area contributed by atoms with Gasteiger partial charge in [-0.1, -0.05) is 12.1 Å². The summed E-state index contributed by atoms with van der Waals surface area (Å²) in [7, 11) is 1.36. The molecule has 194 valence electrons. The van der Waals surface area contributed by atoms with Crippen molar-refractivity contribution in [3.05, 3.63) is 51.8 Å². The number of morpholine rings is 1. The van der Waals surface area contributed by atoms with Crippen molar-refractivity contribution in [2.45, 2.75) is 38.3 Å². The summed E-state index contributed by atoms with van der Waals surface area (Å²) < 4.78 is 11.1. The molecule has 1 aromatic carbocycles. The van der Waals surface area contributed by atoms with E-state index in [-0.39, 0.29) is 35.9 Å². The average Bonchev–Trinajstić information content (AvgIpc) is 2.94. The second-order valence-electron chi connectivity index (χ2n) is 9.13. The minimum absolute atomic E-state index is 0.126. The Bertz CT molecular complexity index is 1250. The van der Waals surface area contributed by atoms with E-state index in [4.69, 9.17) is 14.7 Å². The number of esters is 1. The van der Waals surface area contributed by atoms with Crippen LogP contribution in [0.3, 0.4) is 0 Å². The predicted octanol–water partition coefficient (Wildman–Crippen LogP) is 1.10. The summed E-state index contributed by atoms with van der Waals surface area (Å²) in [5.74, 6) is -1.29. The molecule has 2 heterocycles. The molecule has 0 spiro atoms. The number of amides is 2. The Kier molecular flexibility index (Phi) is 8.30. The van der Waals surface area contributed by atoms with E-state index in [2.05, 4.69) is 10.4 Å². The van der Waals surface area contributed by atoms with Gasteiger partial charge in [-0.2, -0.15) is 10.4 Å². The van der Waals surface area contributed by atoms with E-state index in [1.165, 1.54) is 13.2 Å². The molecule has 0 atom stereocenters. The van der Waals surface area contributed by atoms with Gasteiger partial charge in [-0.15, -0.1) is 0 Å². The highest BCUT2D eigenvalue weighted by Gasteiger charge is 2.29. The lowest BCUT2D eigenvalue weighted by atomic mass is 9.86. The maximum atomic E-state index is 13.3. The average molecular weight is 508 g/mol. The minimum atomic E-state index is -0.667. The van der Waals surface area contributed by atoms with Crippen molar-refractivity contribution in [3.8, 4) is 17.3 Å². The van der Waals surface area contributed by atoms with Gasteiger partial charge in [0.05, 0.1) is 43.6 Å². The summed E-state index contributed by atoms with van der Waals surface area (Å²) in [6.45, 7) is 1.37. The largest absolute Gasteiger partial charge is 0.469 e. The van der Waals surface area contributed by atoms with Gasteiger partial charge < -0.3 is 19.7 Å². The van der Waals surface area contributed by atoms with Crippen LogP contribution in [-0.2, 0) is 25.6 Å². The van der Waals surface area contributed by atoms with Crippen LogP contribution in [0, 0.1) is 17.2 Å². The zero-order chi connectivity index (χ0) is 26.4. The summed E-state index contributed by atoms with van der Waals surface area (Å²) >= 11 is 0. The SMILES string of the molecule is COC(=O)C1CCC(NC(=O)c2cc(-c3ccc(C#N)cc3)nn(CC(=O)N3CCOCC3)c2=O)CC1. The summed E-state index contributed by atoms with van der Waals surface area (Å²) in [6.07, 6.45) is 2.34. The van der Waals surface area contributed by atoms with E-state index in [9.17, 15) is 19.2 Å². The van der Waals surface area contributed by atoms with Crippen molar-refractivity contribution in [2.75, 3.05) is 33.4 Å². The molecule has 1 aliphatic carbocycles. The fourth-order valence-corrected chi connectivity index (χ4v) is 4.61. The summed E-state index contributed by atoms with van der Waals surface area (Å²) in [5.41, 5.74) is 0.594. The van der Waals surface area contributed by atoms with Crippen molar-refractivity contribution in [1.29, 1.82) is 5.26 Å². The summed E-state index contributed by atoms with van der Waals surface area (Å²) in [5, 5.41) is 16.4. The molecular formula is C26H29N5O6. The number of rotatable bonds is 6. The third kappa shape index (κ3) is 6.21. The highest BCUT2D eigenvalue weighted by molar-refractivity contribution is 5.95. The van der Waals surface area contributed by atoms with Gasteiger partial charge in [0.2, 0.25) is 5.91 Å². The Morgan fingerprint density at radius 3 is 2.43 bits per heavy atom. The number of nitriles is 1. The number of ether oxygens (including phenoxy) is 2. The molecule has 2 aromatic rings. The lowest BCUT2D eigenvalue weighted by Gasteiger charge is -2.28. The molecule has 0 radical (unpaired) electrons. The fraction of sp³-hybridized carbons (Fsp3) is 0.462. The van der Waals surface area contributed by atoms with Crippen LogP contribution in [0.1, 0.15) is 41.6 Å². The van der Waals surface area contributed by atoms with Crippen LogP contribution in [0.15, 0.2) is 35.1 Å². The van der Waals surface area contributed by atoms with E-state index < -0.39 is 11.5 Å². The van der Waals surface area contributed by atoms with Crippen molar-refractivity contribution in [1.82, 2.24) is 20.0 Å². The van der Waals surface area contributed by atoms with Crippen LogP contribution in [0.4, 0.5) is 0 Å². The van der Waals surface area contributed by atoms with Gasteiger partial charge in [-0.25, -0.2) is 4.68 Å². The minimum Gasteiger partial charge on any atom is -0.469 e. The van der Waals surface area contributed by atoms with E-state index >= 15 is 0 Å². The highest BCUT2D eigenvalue weighted by atomic mass is 16.5. The third-order valence-electron chi connectivity index (χ3n) is 6.77. The summed E-state index contributed by atoms with van der Waals surface area (Å²) in [6, 6.07) is 9.85. The van der Waals surface area contributed by atoms with Gasteiger partial charge in [0, 0.05) is 24.7 Å². The first-order valence-electron chi connectivity index (χ1n) is 12.3. The number of hydrogen-bond donors (Lipinski definition) is 1. The second kappa shape index (κ2) is 11.8. The standard InChI is InChI=1S/C26H29N5O6/c1-36-26(35)19-6-8-20(9-7-19)28-24(33)21-14-22(18-4-2-17(15-27)3-5-18)29-31(25(21)34)16-23(32)30-10-12-37-13-11-30/h2-5,14,19-20H,6-13,16H2,1H3,(H,28,33). The quantitative estimate of drug-likeness (QED) is 0.573. The molecule has 1 aliphatic heterocycles. The van der Waals surface area contributed by atoms with E-state index in [1.807, 2.05) is 6.07 Å². The molecule has 0 bridgehead atoms. The normalized spacial score (nSPS) is 19.5. The molecule has 2 amide bonds. The Labute approximate surface area is 214 Å². The van der Waals surface area contributed by atoms with Crippen molar-refractivity contribution >= 4 is 17.8 Å². The first-order chi connectivity index (χ1) is 17.9. The molecule has 0 unspecified atom stereocenters. The monoisotopic (exact) mass is 507 g/mol. The van der Waals surface area contributed by atoms with E-state index in [0.717, 1.165) is 4.68 Å². The molecule has 11 heteroatoms. The van der Waals surface area contributed by atoms with Crippen LogP contribution in [0.5, 0.6) is 0 Å². The first kappa shape index (κ1) is 26.0. The number of nitrogens with zero attached hydrogens (tertiary/aromatic N) is 4. The van der Waals surface area contributed by atoms with Gasteiger partial charge in [0.1, 0.15) is 12.1 Å². The van der Waals surface area contributed by atoms with Crippen LogP contribution in [0.25, 0.3) is 11.3 Å². The third-order valence-corrected chi connectivity index (χ3v) is 6.77. The molecule has 2 fully saturated rings. The molecule has 1 saturated carbocycles.